The maximum atomic E-state index is 13.8. The summed E-state index contributed by atoms with van der Waals surface area (Å²) in [7, 11) is 3.68. The first-order valence-corrected chi connectivity index (χ1v) is 16.5. The fourth-order valence-corrected chi connectivity index (χ4v) is 5.06. The van der Waals surface area contributed by atoms with Gasteiger partial charge in [-0.25, -0.2) is 0 Å². The predicted molar refractivity (Wildman–Crippen MR) is 178 cm³/mol. The number of hydrogen-bond donors (Lipinski definition) is 7. The van der Waals surface area contributed by atoms with Crippen LogP contribution in [0.15, 0.2) is 0 Å². The molecule has 1 fully saturated rings. The molecular formula is C32H60N8O6. The highest BCUT2D eigenvalue weighted by atomic mass is 16.2. The Balaban J connectivity index is 3.02. The lowest BCUT2D eigenvalue weighted by Gasteiger charge is -2.31. The molecule has 0 aromatic carbocycles. The van der Waals surface area contributed by atoms with E-state index >= 15 is 0 Å². The smallest absolute Gasteiger partial charge is 0.245 e. The van der Waals surface area contributed by atoms with E-state index in [0.717, 1.165) is 32.4 Å². The maximum Gasteiger partial charge on any atom is 0.245 e. The van der Waals surface area contributed by atoms with Crippen LogP contribution in [0.3, 0.4) is 0 Å². The monoisotopic (exact) mass is 652 g/mol. The number of amides is 4. The van der Waals surface area contributed by atoms with Crippen LogP contribution in [0.25, 0.3) is 0 Å². The van der Waals surface area contributed by atoms with Gasteiger partial charge >= 0.3 is 0 Å². The molecule has 14 heteroatoms. The van der Waals surface area contributed by atoms with Gasteiger partial charge in [-0.05, 0) is 114 Å². The number of hydrogen-bond acceptors (Lipinski definition) is 10. The number of nitrogens with one attached hydrogen (secondary N) is 6. The van der Waals surface area contributed by atoms with Crippen LogP contribution in [-0.4, -0.2) is 116 Å². The van der Waals surface area contributed by atoms with Crippen molar-refractivity contribution in [3.63, 3.8) is 0 Å². The quantitative estimate of drug-likeness (QED) is 0.0747. The Kier molecular flexibility index (Phi) is 17.6. The van der Waals surface area contributed by atoms with Crippen molar-refractivity contribution < 1.29 is 28.8 Å². The maximum absolute atomic E-state index is 13.8. The van der Waals surface area contributed by atoms with Gasteiger partial charge in [0.15, 0.2) is 5.78 Å². The summed E-state index contributed by atoms with van der Waals surface area (Å²) in [5, 5.41) is 17.5. The van der Waals surface area contributed by atoms with E-state index < -0.39 is 53.0 Å². The van der Waals surface area contributed by atoms with Gasteiger partial charge in [-0.1, -0.05) is 6.42 Å². The lowest BCUT2D eigenvalue weighted by Crippen LogP contribution is -2.59. The molecule has 0 bridgehead atoms. The van der Waals surface area contributed by atoms with Crippen LogP contribution in [0, 0.1) is 0 Å². The lowest BCUT2D eigenvalue weighted by atomic mass is 9.97. The molecule has 0 aliphatic carbocycles. The van der Waals surface area contributed by atoms with Gasteiger partial charge < -0.3 is 37.2 Å². The first kappa shape index (κ1) is 41.1. The molecular weight excluding hydrogens is 592 g/mol. The Hall–Kier alpha value is -2.94. The SMILES string of the molecule is CNCCCCC(NC(C)(C)C(C)=O)C(=O)NC(C)C(=O)NC(CCCCNC)C(=O)N1CCCC1C(=O)NCC(=O)C(C)(C)N. The molecule has 1 heterocycles. The van der Waals surface area contributed by atoms with Crippen molar-refractivity contribution in [2.45, 2.75) is 128 Å². The largest absolute Gasteiger partial charge is 0.347 e. The number of unbranched alkanes of at least 4 members (excludes halogenated alkanes) is 2. The second-order valence-corrected chi connectivity index (χ2v) is 13.4. The Morgan fingerprint density at radius 2 is 1.41 bits per heavy atom. The van der Waals surface area contributed by atoms with Crippen molar-refractivity contribution in [3.05, 3.63) is 0 Å². The minimum Gasteiger partial charge on any atom is -0.347 e. The topological polar surface area (TPSA) is 204 Å². The highest BCUT2D eigenvalue weighted by molar-refractivity contribution is 5.97. The molecule has 1 aliphatic rings. The zero-order valence-corrected chi connectivity index (χ0v) is 29.3. The standard InChI is InChI=1S/C32H60N8O6/c1-21(37-28(44)23(14-9-11-17-34-7)39-32(5,6)22(2)41)27(43)38-24(15-10-12-18-35-8)30(46)40-19-13-16-25(40)29(45)36-20-26(42)31(3,4)33/h21,23-25,34-35,39H,9-20,33H2,1-8H3,(H,36,45)(H,37,44)(H,38,43). The number of rotatable bonds is 22. The number of likely N-dealkylation sites (tertiary alicyclic amines) is 1. The normalized spacial score (nSPS) is 17.2. The second kappa shape index (κ2) is 19.7. The molecule has 1 aliphatic heterocycles. The van der Waals surface area contributed by atoms with E-state index in [0.29, 0.717) is 38.6 Å². The molecule has 0 spiro atoms. The minimum atomic E-state index is -1.10. The summed E-state index contributed by atoms with van der Waals surface area (Å²) in [5.74, 6) is -2.21. The molecule has 0 radical (unpaired) electrons. The van der Waals surface area contributed by atoms with Crippen LogP contribution in [0.5, 0.6) is 0 Å². The van der Waals surface area contributed by atoms with Gasteiger partial charge in [-0.2, -0.15) is 0 Å². The predicted octanol–water partition coefficient (Wildman–Crippen LogP) is -0.505. The summed E-state index contributed by atoms with van der Waals surface area (Å²) >= 11 is 0. The highest BCUT2D eigenvalue weighted by Crippen LogP contribution is 2.20. The molecule has 4 atom stereocenters. The minimum absolute atomic E-state index is 0.116. The molecule has 1 saturated heterocycles. The number of ketones is 2. The average Bonchev–Trinajstić information content (AvgIpc) is 3.47. The van der Waals surface area contributed by atoms with Crippen molar-refractivity contribution in [1.29, 1.82) is 0 Å². The van der Waals surface area contributed by atoms with Crippen molar-refractivity contribution in [3.8, 4) is 0 Å². The highest BCUT2D eigenvalue weighted by Gasteiger charge is 2.38. The zero-order chi connectivity index (χ0) is 35.1. The number of nitrogens with zero attached hydrogens (tertiary/aromatic N) is 1. The Morgan fingerprint density at radius 3 is 1.93 bits per heavy atom. The molecule has 0 aromatic heterocycles. The Bertz CT molecular complexity index is 1040. The molecule has 4 unspecified atom stereocenters. The number of carbonyl (C=O) groups excluding carboxylic acids is 6. The van der Waals surface area contributed by atoms with Gasteiger partial charge in [0.25, 0.3) is 0 Å². The van der Waals surface area contributed by atoms with Crippen molar-refractivity contribution in [1.82, 2.24) is 36.8 Å². The molecule has 0 saturated carbocycles. The van der Waals surface area contributed by atoms with E-state index in [1.165, 1.54) is 11.8 Å². The van der Waals surface area contributed by atoms with E-state index in [1.54, 1.807) is 34.6 Å². The molecule has 264 valence electrons. The molecule has 14 nitrogen and oxygen atoms in total. The zero-order valence-electron chi connectivity index (χ0n) is 29.3. The van der Waals surface area contributed by atoms with Crippen molar-refractivity contribution in [2.24, 2.45) is 5.73 Å². The Labute approximate surface area is 274 Å². The number of carbonyl (C=O) groups is 6. The molecule has 1 rings (SSSR count). The molecule has 0 aromatic rings. The van der Waals surface area contributed by atoms with E-state index in [9.17, 15) is 28.8 Å². The number of Topliss-reactive ketones (excluding diaryl/α,β-unsaturated/α-hetero) is 2. The van der Waals surface area contributed by atoms with Gasteiger partial charge in [0.1, 0.15) is 23.9 Å². The van der Waals surface area contributed by atoms with Gasteiger partial charge in [0, 0.05) is 6.54 Å². The van der Waals surface area contributed by atoms with E-state index in [1.807, 2.05) is 14.1 Å². The molecule has 46 heavy (non-hydrogen) atoms. The summed E-state index contributed by atoms with van der Waals surface area (Å²) < 4.78 is 0. The van der Waals surface area contributed by atoms with Gasteiger partial charge in [-0.15, -0.1) is 0 Å². The first-order chi connectivity index (χ1) is 21.5. The summed E-state index contributed by atoms with van der Waals surface area (Å²) in [6.07, 6.45) is 4.84. The average molecular weight is 653 g/mol. The van der Waals surface area contributed by atoms with Crippen LogP contribution in [-0.2, 0) is 28.8 Å². The van der Waals surface area contributed by atoms with E-state index in [4.69, 9.17) is 5.73 Å². The van der Waals surface area contributed by atoms with Gasteiger partial charge in [0.05, 0.1) is 23.7 Å². The fourth-order valence-electron chi connectivity index (χ4n) is 5.06. The third kappa shape index (κ3) is 13.8. The molecule has 4 amide bonds. The lowest BCUT2D eigenvalue weighted by molar-refractivity contribution is -0.142. The second-order valence-electron chi connectivity index (χ2n) is 13.4. The van der Waals surface area contributed by atoms with Crippen LogP contribution in [0.1, 0.15) is 92.9 Å². The fraction of sp³-hybridized carbons (Fsp3) is 0.812. The Morgan fingerprint density at radius 1 is 0.848 bits per heavy atom. The summed E-state index contributed by atoms with van der Waals surface area (Å²) in [6, 6.07) is -3.35. The first-order valence-electron chi connectivity index (χ1n) is 16.5. The summed E-state index contributed by atoms with van der Waals surface area (Å²) in [6.45, 7) is 11.2. The molecule has 8 N–H and O–H groups in total. The third-order valence-corrected chi connectivity index (χ3v) is 8.42. The van der Waals surface area contributed by atoms with Gasteiger partial charge in [0.2, 0.25) is 23.6 Å². The summed E-state index contributed by atoms with van der Waals surface area (Å²) in [5.41, 5.74) is 3.80. The van der Waals surface area contributed by atoms with Crippen molar-refractivity contribution >= 4 is 35.2 Å². The number of nitrogens with two attached hydrogens (primary N) is 1. The van der Waals surface area contributed by atoms with Crippen LogP contribution >= 0.6 is 0 Å². The van der Waals surface area contributed by atoms with E-state index in [-0.39, 0.29) is 24.0 Å². The third-order valence-electron chi connectivity index (χ3n) is 8.42. The van der Waals surface area contributed by atoms with Crippen LogP contribution < -0.4 is 37.6 Å². The van der Waals surface area contributed by atoms with Gasteiger partial charge in [-0.3, -0.25) is 34.1 Å². The van der Waals surface area contributed by atoms with Crippen LogP contribution in [0.2, 0.25) is 0 Å². The van der Waals surface area contributed by atoms with Crippen LogP contribution in [0.4, 0.5) is 0 Å². The van der Waals surface area contributed by atoms with E-state index in [2.05, 4.69) is 31.9 Å². The van der Waals surface area contributed by atoms with Crippen molar-refractivity contribution in [2.75, 3.05) is 40.3 Å². The summed E-state index contributed by atoms with van der Waals surface area (Å²) in [4.78, 5) is 79.4.